The Morgan fingerprint density at radius 2 is 2.37 bits per heavy atom. The zero-order valence-corrected chi connectivity index (χ0v) is 11.1. The van der Waals surface area contributed by atoms with Crippen LogP contribution in [0.1, 0.15) is 28.8 Å². The van der Waals surface area contributed by atoms with Gasteiger partial charge in [0.1, 0.15) is 5.75 Å². The number of hydrogen-bond donors (Lipinski definition) is 1. The summed E-state index contributed by atoms with van der Waals surface area (Å²) in [5.74, 6) is 1.11. The van der Waals surface area contributed by atoms with Crippen molar-refractivity contribution >= 4 is 5.78 Å². The van der Waals surface area contributed by atoms with Gasteiger partial charge in [-0.3, -0.25) is 9.69 Å². The summed E-state index contributed by atoms with van der Waals surface area (Å²) in [5, 5.41) is 0. The van der Waals surface area contributed by atoms with Crippen molar-refractivity contribution in [2.24, 2.45) is 5.73 Å². The van der Waals surface area contributed by atoms with Gasteiger partial charge >= 0.3 is 0 Å². The molecule has 4 nitrogen and oxygen atoms in total. The molecule has 0 aromatic heterocycles. The average Bonchev–Trinajstić information content (AvgIpc) is 2.85. The second-order valence-corrected chi connectivity index (χ2v) is 5.48. The smallest absolute Gasteiger partial charge is 0.176 e. The van der Waals surface area contributed by atoms with E-state index in [-0.39, 0.29) is 11.8 Å². The molecule has 0 bridgehead atoms. The zero-order chi connectivity index (χ0) is 13.2. The van der Waals surface area contributed by atoms with Gasteiger partial charge in [0.25, 0.3) is 0 Å². The van der Waals surface area contributed by atoms with Gasteiger partial charge in [0.15, 0.2) is 5.78 Å². The fourth-order valence-corrected chi connectivity index (χ4v) is 2.89. The van der Waals surface area contributed by atoms with Gasteiger partial charge in [0.2, 0.25) is 0 Å². The van der Waals surface area contributed by atoms with E-state index >= 15 is 0 Å². The van der Waals surface area contributed by atoms with Crippen molar-refractivity contribution in [3.8, 4) is 5.75 Å². The lowest BCUT2D eigenvalue weighted by molar-refractivity contribution is 0.0908. The molecule has 19 heavy (non-hydrogen) atoms. The molecule has 3 rings (SSSR count). The fourth-order valence-electron chi connectivity index (χ4n) is 2.89. The van der Waals surface area contributed by atoms with E-state index in [0.29, 0.717) is 6.54 Å². The number of fused-ring (bicyclic) bond motifs is 1. The number of hydrogen-bond acceptors (Lipinski definition) is 4. The number of ketones is 1. The minimum Gasteiger partial charge on any atom is -0.493 e. The Labute approximate surface area is 113 Å². The number of benzene rings is 1. The van der Waals surface area contributed by atoms with Gasteiger partial charge in [0.05, 0.1) is 13.2 Å². The Kier molecular flexibility index (Phi) is 3.53. The third-order valence-electron chi connectivity index (χ3n) is 3.92. The van der Waals surface area contributed by atoms with Crippen LogP contribution in [-0.2, 0) is 6.42 Å². The van der Waals surface area contributed by atoms with Crippen LogP contribution in [0.5, 0.6) is 5.75 Å². The highest BCUT2D eigenvalue weighted by Gasteiger charge is 2.20. The molecule has 2 aliphatic heterocycles. The average molecular weight is 260 g/mol. The highest BCUT2D eigenvalue weighted by Crippen LogP contribution is 2.26. The zero-order valence-electron chi connectivity index (χ0n) is 11.1. The maximum absolute atomic E-state index is 12.3. The Hall–Kier alpha value is -1.39. The number of piperidine rings is 1. The molecule has 1 unspecified atom stereocenters. The molecule has 0 aliphatic carbocycles. The van der Waals surface area contributed by atoms with E-state index in [0.717, 1.165) is 55.8 Å². The van der Waals surface area contributed by atoms with Crippen LogP contribution in [0.4, 0.5) is 0 Å². The molecular formula is C15H20N2O2. The lowest BCUT2D eigenvalue weighted by Gasteiger charge is -2.29. The second kappa shape index (κ2) is 5.31. The van der Waals surface area contributed by atoms with Crippen LogP contribution >= 0.6 is 0 Å². The molecule has 0 radical (unpaired) electrons. The lowest BCUT2D eigenvalue weighted by Crippen LogP contribution is -2.44. The minimum absolute atomic E-state index is 0.184. The van der Waals surface area contributed by atoms with Crippen molar-refractivity contribution in [2.75, 3.05) is 26.2 Å². The normalized spacial score (nSPS) is 22.9. The standard InChI is InChI=1S/C15H20N2O2/c16-13-2-1-6-17(9-13)10-14(18)11-3-4-15-12(8-11)5-7-19-15/h3-4,8,13H,1-2,5-7,9-10,16H2. The Bertz CT molecular complexity index is 487. The molecule has 1 fully saturated rings. The van der Waals surface area contributed by atoms with Crippen LogP contribution in [0.25, 0.3) is 0 Å². The van der Waals surface area contributed by atoms with Crippen LogP contribution in [-0.4, -0.2) is 43.0 Å². The predicted molar refractivity (Wildman–Crippen MR) is 73.6 cm³/mol. The summed E-state index contributed by atoms with van der Waals surface area (Å²) in [4.78, 5) is 14.5. The number of nitrogens with zero attached hydrogens (tertiary/aromatic N) is 1. The lowest BCUT2D eigenvalue weighted by atomic mass is 10.0. The van der Waals surface area contributed by atoms with Gasteiger partial charge in [-0.1, -0.05) is 0 Å². The van der Waals surface area contributed by atoms with E-state index < -0.39 is 0 Å². The van der Waals surface area contributed by atoms with E-state index in [1.54, 1.807) is 0 Å². The molecule has 102 valence electrons. The summed E-state index contributed by atoms with van der Waals surface area (Å²) in [6.45, 7) is 3.02. The summed E-state index contributed by atoms with van der Waals surface area (Å²) >= 11 is 0. The van der Waals surface area contributed by atoms with Crippen LogP contribution in [0.2, 0.25) is 0 Å². The summed E-state index contributed by atoms with van der Waals surface area (Å²) in [6, 6.07) is 5.98. The molecule has 1 atom stereocenters. The first-order valence-electron chi connectivity index (χ1n) is 6.99. The number of carbonyl (C=O) groups excluding carboxylic acids is 1. The van der Waals surface area contributed by atoms with Crippen molar-refractivity contribution in [1.82, 2.24) is 4.90 Å². The van der Waals surface area contributed by atoms with Crippen molar-refractivity contribution in [2.45, 2.75) is 25.3 Å². The molecule has 2 heterocycles. The Balaban J connectivity index is 1.67. The SMILES string of the molecule is NC1CCCN(CC(=O)c2ccc3c(c2)CCO3)C1. The van der Waals surface area contributed by atoms with Gasteiger partial charge in [-0.25, -0.2) is 0 Å². The van der Waals surface area contributed by atoms with Gasteiger partial charge in [-0.2, -0.15) is 0 Å². The van der Waals surface area contributed by atoms with Crippen molar-refractivity contribution in [1.29, 1.82) is 0 Å². The quantitative estimate of drug-likeness (QED) is 0.830. The van der Waals surface area contributed by atoms with Crippen molar-refractivity contribution < 1.29 is 9.53 Å². The highest BCUT2D eigenvalue weighted by atomic mass is 16.5. The second-order valence-electron chi connectivity index (χ2n) is 5.48. The largest absolute Gasteiger partial charge is 0.493 e. The molecule has 1 aromatic carbocycles. The molecule has 0 spiro atoms. The summed E-state index contributed by atoms with van der Waals surface area (Å²) in [6.07, 6.45) is 3.07. The molecule has 2 aliphatic rings. The minimum atomic E-state index is 0.184. The van der Waals surface area contributed by atoms with Crippen molar-refractivity contribution in [3.63, 3.8) is 0 Å². The highest BCUT2D eigenvalue weighted by molar-refractivity contribution is 5.98. The maximum atomic E-state index is 12.3. The van der Waals surface area contributed by atoms with Crippen LogP contribution in [0, 0.1) is 0 Å². The molecule has 4 heteroatoms. The van der Waals surface area contributed by atoms with E-state index in [1.165, 1.54) is 0 Å². The van der Waals surface area contributed by atoms with Crippen LogP contribution < -0.4 is 10.5 Å². The first-order chi connectivity index (χ1) is 9.22. The number of Topliss-reactive ketones (excluding diaryl/α,β-unsaturated/α-hetero) is 1. The maximum Gasteiger partial charge on any atom is 0.176 e. The van der Waals surface area contributed by atoms with Crippen molar-refractivity contribution in [3.05, 3.63) is 29.3 Å². The first-order valence-corrected chi connectivity index (χ1v) is 6.99. The molecular weight excluding hydrogens is 240 g/mol. The number of carbonyl (C=O) groups is 1. The van der Waals surface area contributed by atoms with E-state index in [1.807, 2.05) is 18.2 Å². The number of nitrogens with two attached hydrogens (primary N) is 1. The molecule has 1 saturated heterocycles. The van der Waals surface area contributed by atoms with Crippen LogP contribution in [0.15, 0.2) is 18.2 Å². The molecule has 0 saturated carbocycles. The fraction of sp³-hybridized carbons (Fsp3) is 0.533. The van der Waals surface area contributed by atoms with Gasteiger partial charge in [-0.15, -0.1) is 0 Å². The number of ether oxygens (including phenoxy) is 1. The Morgan fingerprint density at radius 3 is 3.21 bits per heavy atom. The summed E-state index contributed by atoms with van der Waals surface area (Å²) in [5.41, 5.74) is 7.89. The molecule has 0 amide bonds. The third-order valence-corrected chi connectivity index (χ3v) is 3.92. The predicted octanol–water partition coefficient (Wildman–Crippen LogP) is 1.23. The van der Waals surface area contributed by atoms with E-state index in [4.69, 9.17) is 10.5 Å². The van der Waals surface area contributed by atoms with Gasteiger partial charge in [-0.05, 0) is 43.1 Å². The number of likely N-dealkylation sites (tertiary alicyclic amines) is 1. The van der Waals surface area contributed by atoms with Gasteiger partial charge < -0.3 is 10.5 Å². The van der Waals surface area contributed by atoms with E-state index in [9.17, 15) is 4.79 Å². The third kappa shape index (κ3) is 2.80. The Morgan fingerprint density at radius 1 is 1.47 bits per heavy atom. The summed E-state index contributed by atoms with van der Waals surface area (Å²) < 4.78 is 5.46. The molecule has 1 aromatic rings. The first kappa shape index (κ1) is 12.6. The monoisotopic (exact) mass is 260 g/mol. The van der Waals surface area contributed by atoms with Crippen LogP contribution in [0.3, 0.4) is 0 Å². The topological polar surface area (TPSA) is 55.6 Å². The number of rotatable bonds is 3. The molecule has 2 N–H and O–H groups in total. The van der Waals surface area contributed by atoms with E-state index in [2.05, 4.69) is 4.90 Å². The summed E-state index contributed by atoms with van der Waals surface area (Å²) in [7, 11) is 0. The van der Waals surface area contributed by atoms with Gasteiger partial charge in [0, 0.05) is 24.6 Å².